The molecule has 0 unspecified atom stereocenters. The van der Waals surface area contributed by atoms with E-state index < -0.39 is 27.7 Å². The Hall–Kier alpha value is -3.50. The van der Waals surface area contributed by atoms with Gasteiger partial charge in [-0.05, 0) is 42.0 Å². The van der Waals surface area contributed by atoms with Gasteiger partial charge in [-0.3, -0.25) is 0 Å². The molecule has 4 rings (SSSR count). The number of primary sulfonamides is 1. The van der Waals surface area contributed by atoms with Gasteiger partial charge in [-0.25, -0.2) is 22.6 Å². The van der Waals surface area contributed by atoms with Crippen molar-refractivity contribution in [1.29, 1.82) is 0 Å². The number of hydrogen-bond donors (Lipinski definition) is 1. The molecule has 0 aliphatic carbocycles. The number of para-hydroxylation sites is 1. The fourth-order valence-corrected chi connectivity index (χ4v) is 3.85. The van der Waals surface area contributed by atoms with Crippen LogP contribution in [0.4, 0.5) is 17.6 Å². The largest absolute Gasteiger partial charge is 0.435 e. The third-order valence-corrected chi connectivity index (χ3v) is 5.67. The highest BCUT2D eigenvalue weighted by molar-refractivity contribution is 7.89. The van der Waals surface area contributed by atoms with E-state index in [1.807, 2.05) is 0 Å². The van der Waals surface area contributed by atoms with Crippen LogP contribution in [0.1, 0.15) is 5.69 Å². The number of rotatable bonds is 4. The summed E-state index contributed by atoms with van der Waals surface area (Å²) in [6.07, 6.45) is -4.81. The molecular formula is C22H15F4N3O2S. The lowest BCUT2D eigenvalue weighted by Gasteiger charge is -2.12. The van der Waals surface area contributed by atoms with Gasteiger partial charge in [0.05, 0.1) is 16.3 Å². The normalized spacial score (nSPS) is 12.2. The van der Waals surface area contributed by atoms with Gasteiger partial charge in [0.1, 0.15) is 5.82 Å². The summed E-state index contributed by atoms with van der Waals surface area (Å²) < 4.78 is 79.8. The fourth-order valence-electron chi connectivity index (χ4n) is 3.33. The van der Waals surface area contributed by atoms with Crippen molar-refractivity contribution in [2.75, 3.05) is 0 Å². The van der Waals surface area contributed by atoms with Crippen LogP contribution in [-0.4, -0.2) is 18.2 Å². The predicted octanol–water partition coefficient (Wildman–Crippen LogP) is 5.01. The molecule has 0 saturated heterocycles. The van der Waals surface area contributed by atoms with E-state index in [9.17, 15) is 26.0 Å². The summed E-state index contributed by atoms with van der Waals surface area (Å²) in [5.41, 5.74) is -0.619. The highest BCUT2D eigenvalue weighted by Gasteiger charge is 2.40. The minimum atomic E-state index is -4.81. The van der Waals surface area contributed by atoms with E-state index in [-0.39, 0.29) is 27.3 Å². The van der Waals surface area contributed by atoms with E-state index in [0.29, 0.717) is 5.69 Å². The van der Waals surface area contributed by atoms with Crippen LogP contribution in [0, 0.1) is 5.82 Å². The summed E-state index contributed by atoms with van der Waals surface area (Å²) in [5.74, 6) is -0.600. The van der Waals surface area contributed by atoms with Crippen LogP contribution in [0.3, 0.4) is 0 Å². The molecule has 3 aromatic carbocycles. The lowest BCUT2D eigenvalue weighted by molar-refractivity contribution is -0.140. The number of benzene rings is 3. The Bertz CT molecular complexity index is 1360. The summed E-state index contributed by atoms with van der Waals surface area (Å²) in [6.45, 7) is 0. The van der Waals surface area contributed by atoms with Gasteiger partial charge in [-0.15, -0.1) is 0 Å². The molecule has 4 aromatic rings. The summed E-state index contributed by atoms with van der Waals surface area (Å²) in [7, 11) is -3.99. The minimum Gasteiger partial charge on any atom is -0.232 e. The number of alkyl halides is 3. The molecular weight excluding hydrogens is 446 g/mol. The summed E-state index contributed by atoms with van der Waals surface area (Å²) in [5, 5.41) is 8.99. The molecule has 1 aromatic heterocycles. The standard InChI is InChI=1S/C22H15F4N3O2S/c23-16-10-6-14(7-11-16)19-20(15-8-12-18(13-9-15)32(27,30)31)29(17-4-2-1-3-5-17)28-21(19)22(24,25)26/h1-13H,(H2,27,30,31). The molecule has 0 atom stereocenters. The first-order valence-electron chi connectivity index (χ1n) is 9.20. The Kier molecular flexibility index (Phi) is 5.35. The molecule has 32 heavy (non-hydrogen) atoms. The second-order valence-corrected chi connectivity index (χ2v) is 8.46. The molecule has 0 saturated carbocycles. The zero-order valence-corrected chi connectivity index (χ0v) is 17.0. The lowest BCUT2D eigenvalue weighted by atomic mass is 9.98. The van der Waals surface area contributed by atoms with E-state index >= 15 is 0 Å². The second-order valence-electron chi connectivity index (χ2n) is 6.89. The maximum absolute atomic E-state index is 14.0. The molecule has 0 spiro atoms. The Morgan fingerprint density at radius 1 is 0.812 bits per heavy atom. The average molecular weight is 461 g/mol. The van der Waals surface area contributed by atoms with Gasteiger partial charge >= 0.3 is 6.18 Å². The van der Waals surface area contributed by atoms with Crippen molar-refractivity contribution in [3.63, 3.8) is 0 Å². The lowest BCUT2D eigenvalue weighted by Crippen LogP contribution is -2.11. The maximum Gasteiger partial charge on any atom is 0.435 e. The van der Waals surface area contributed by atoms with E-state index in [1.165, 1.54) is 36.4 Å². The highest BCUT2D eigenvalue weighted by Crippen LogP contribution is 2.43. The van der Waals surface area contributed by atoms with Gasteiger partial charge in [-0.2, -0.15) is 18.3 Å². The van der Waals surface area contributed by atoms with Crippen LogP contribution in [0.5, 0.6) is 0 Å². The molecule has 1 heterocycles. The SMILES string of the molecule is NS(=O)(=O)c1ccc(-c2c(-c3ccc(F)cc3)c(C(F)(F)F)nn2-c2ccccc2)cc1. The van der Waals surface area contributed by atoms with Gasteiger partial charge < -0.3 is 0 Å². The summed E-state index contributed by atoms with van der Waals surface area (Å²) in [4.78, 5) is -0.189. The first-order chi connectivity index (χ1) is 15.1. The second kappa shape index (κ2) is 7.88. The number of hydrogen-bond acceptors (Lipinski definition) is 3. The third-order valence-electron chi connectivity index (χ3n) is 4.74. The Morgan fingerprint density at radius 3 is 1.91 bits per heavy atom. The predicted molar refractivity (Wildman–Crippen MR) is 111 cm³/mol. The van der Waals surface area contributed by atoms with Crippen molar-refractivity contribution in [3.05, 3.63) is 90.4 Å². The van der Waals surface area contributed by atoms with Crippen LogP contribution < -0.4 is 5.14 Å². The van der Waals surface area contributed by atoms with Crippen LogP contribution in [-0.2, 0) is 16.2 Å². The van der Waals surface area contributed by atoms with E-state index in [1.54, 1.807) is 30.3 Å². The first-order valence-corrected chi connectivity index (χ1v) is 10.7. The first kappa shape index (κ1) is 21.7. The fraction of sp³-hybridized carbons (Fsp3) is 0.0455. The molecule has 2 N–H and O–H groups in total. The smallest absolute Gasteiger partial charge is 0.232 e. The molecule has 0 amide bonds. The maximum atomic E-state index is 14.0. The van der Waals surface area contributed by atoms with Crippen molar-refractivity contribution in [3.8, 4) is 28.1 Å². The number of nitrogens with two attached hydrogens (primary N) is 1. The third kappa shape index (κ3) is 4.14. The Morgan fingerprint density at radius 2 is 1.38 bits per heavy atom. The van der Waals surface area contributed by atoms with Gasteiger partial charge in [0.15, 0.2) is 5.69 Å². The van der Waals surface area contributed by atoms with E-state index in [4.69, 9.17) is 5.14 Å². The van der Waals surface area contributed by atoms with Gasteiger partial charge in [0.2, 0.25) is 10.0 Å². The summed E-state index contributed by atoms with van der Waals surface area (Å²) in [6, 6.07) is 17.9. The number of halogens is 4. The topological polar surface area (TPSA) is 78.0 Å². The van der Waals surface area contributed by atoms with Crippen molar-refractivity contribution in [2.45, 2.75) is 11.1 Å². The molecule has 10 heteroatoms. The zero-order valence-electron chi connectivity index (χ0n) is 16.2. The molecule has 0 bridgehead atoms. The van der Waals surface area contributed by atoms with Crippen LogP contribution in [0.25, 0.3) is 28.1 Å². The van der Waals surface area contributed by atoms with Crippen LogP contribution >= 0.6 is 0 Å². The minimum absolute atomic E-state index is 0.0658. The Balaban J connectivity index is 2.07. The van der Waals surface area contributed by atoms with Crippen LogP contribution in [0.2, 0.25) is 0 Å². The van der Waals surface area contributed by atoms with Crippen LogP contribution in [0.15, 0.2) is 83.8 Å². The van der Waals surface area contributed by atoms with Gasteiger partial charge in [0, 0.05) is 11.1 Å². The molecule has 0 fully saturated rings. The molecule has 164 valence electrons. The molecule has 0 aliphatic heterocycles. The zero-order chi connectivity index (χ0) is 23.1. The monoisotopic (exact) mass is 461 g/mol. The highest BCUT2D eigenvalue weighted by atomic mass is 32.2. The van der Waals surface area contributed by atoms with Crippen molar-refractivity contribution < 1.29 is 26.0 Å². The van der Waals surface area contributed by atoms with Crippen molar-refractivity contribution in [1.82, 2.24) is 9.78 Å². The average Bonchev–Trinajstić information content (AvgIpc) is 3.15. The molecule has 0 radical (unpaired) electrons. The van der Waals surface area contributed by atoms with Crippen molar-refractivity contribution in [2.24, 2.45) is 5.14 Å². The number of nitrogens with zero attached hydrogens (tertiary/aromatic N) is 2. The quantitative estimate of drug-likeness (QED) is 0.434. The van der Waals surface area contributed by atoms with E-state index in [2.05, 4.69) is 5.10 Å². The van der Waals surface area contributed by atoms with Gasteiger partial charge in [0.25, 0.3) is 0 Å². The van der Waals surface area contributed by atoms with Crippen molar-refractivity contribution >= 4 is 10.0 Å². The summed E-state index contributed by atoms with van der Waals surface area (Å²) >= 11 is 0. The van der Waals surface area contributed by atoms with Gasteiger partial charge in [-0.1, -0.05) is 42.5 Å². The Labute approximate surface area is 180 Å². The number of sulfonamides is 1. The number of aromatic nitrogens is 2. The molecule has 5 nitrogen and oxygen atoms in total. The van der Waals surface area contributed by atoms with E-state index in [0.717, 1.165) is 16.8 Å². The molecule has 0 aliphatic rings.